The maximum absolute atomic E-state index is 12.6. The summed E-state index contributed by atoms with van der Waals surface area (Å²) in [6, 6.07) is 13.8. The minimum atomic E-state index is -0.399. The summed E-state index contributed by atoms with van der Waals surface area (Å²) in [6.07, 6.45) is 1.50. The number of methoxy groups -OCH3 is 1. The van der Waals surface area contributed by atoms with Gasteiger partial charge in [-0.1, -0.05) is 45.2 Å². The SMILES string of the molecule is CCOc1cc(C(=O)N/N=C/c2cc(Br)cc(Br)c2OCc2ccc(Cl)cc2Cl)ccc1OC. The number of hydrogen-bond donors (Lipinski definition) is 1. The van der Waals surface area contributed by atoms with Crippen molar-refractivity contribution in [2.24, 2.45) is 5.10 Å². The molecule has 0 unspecified atom stereocenters. The van der Waals surface area contributed by atoms with E-state index in [4.69, 9.17) is 37.4 Å². The lowest BCUT2D eigenvalue weighted by molar-refractivity contribution is 0.0954. The zero-order valence-corrected chi connectivity index (χ0v) is 22.9. The van der Waals surface area contributed by atoms with Gasteiger partial charge >= 0.3 is 0 Å². The summed E-state index contributed by atoms with van der Waals surface area (Å²) in [5.41, 5.74) is 4.32. The lowest BCUT2D eigenvalue weighted by Gasteiger charge is -2.13. The number of amides is 1. The second kappa shape index (κ2) is 12.4. The summed E-state index contributed by atoms with van der Waals surface area (Å²) >= 11 is 19.2. The van der Waals surface area contributed by atoms with Crippen LogP contribution in [0.1, 0.15) is 28.4 Å². The number of halogens is 4. The van der Waals surface area contributed by atoms with Crippen molar-refractivity contribution in [1.29, 1.82) is 0 Å². The molecule has 0 aromatic heterocycles. The van der Waals surface area contributed by atoms with Crippen molar-refractivity contribution in [3.63, 3.8) is 0 Å². The van der Waals surface area contributed by atoms with Crippen molar-refractivity contribution in [2.75, 3.05) is 13.7 Å². The largest absolute Gasteiger partial charge is 0.493 e. The van der Waals surface area contributed by atoms with E-state index >= 15 is 0 Å². The van der Waals surface area contributed by atoms with Crippen molar-refractivity contribution in [1.82, 2.24) is 5.43 Å². The van der Waals surface area contributed by atoms with Gasteiger partial charge in [0.1, 0.15) is 12.4 Å². The summed E-state index contributed by atoms with van der Waals surface area (Å²) in [5.74, 6) is 1.16. The van der Waals surface area contributed by atoms with Crippen LogP contribution < -0.4 is 19.6 Å². The molecule has 3 aromatic rings. The molecule has 3 aromatic carbocycles. The van der Waals surface area contributed by atoms with Crippen LogP contribution in [0.5, 0.6) is 17.2 Å². The number of carbonyl (C=O) groups is 1. The molecule has 1 amide bonds. The Labute approximate surface area is 224 Å². The van der Waals surface area contributed by atoms with E-state index in [0.29, 0.717) is 49.5 Å². The second-order valence-corrected chi connectivity index (χ2v) is 9.44. The summed E-state index contributed by atoms with van der Waals surface area (Å²) in [6.45, 7) is 2.52. The number of ether oxygens (including phenoxy) is 3. The van der Waals surface area contributed by atoms with Crippen molar-refractivity contribution in [3.05, 3.63) is 84.2 Å². The summed E-state index contributed by atoms with van der Waals surface area (Å²) in [4.78, 5) is 12.6. The van der Waals surface area contributed by atoms with Gasteiger partial charge in [0, 0.05) is 31.2 Å². The van der Waals surface area contributed by atoms with Crippen LogP contribution in [0, 0.1) is 0 Å². The highest BCUT2D eigenvalue weighted by molar-refractivity contribution is 9.11. The highest BCUT2D eigenvalue weighted by atomic mass is 79.9. The Morgan fingerprint density at radius 1 is 1.06 bits per heavy atom. The smallest absolute Gasteiger partial charge is 0.271 e. The molecular weight excluding hydrogens is 611 g/mol. The van der Waals surface area contributed by atoms with Gasteiger partial charge in [-0.15, -0.1) is 0 Å². The zero-order valence-electron chi connectivity index (χ0n) is 18.2. The van der Waals surface area contributed by atoms with Gasteiger partial charge < -0.3 is 14.2 Å². The topological polar surface area (TPSA) is 69.2 Å². The molecule has 0 bridgehead atoms. The third-order valence-electron chi connectivity index (χ3n) is 4.52. The quantitative estimate of drug-likeness (QED) is 0.199. The number of rotatable bonds is 9. The first-order chi connectivity index (χ1) is 16.3. The summed E-state index contributed by atoms with van der Waals surface area (Å²) < 4.78 is 18.3. The molecule has 0 fully saturated rings. The van der Waals surface area contributed by atoms with Crippen molar-refractivity contribution in [3.8, 4) is 17.2 Å². The normalized spacial score (nSPS) is 10.9. The Bertz CT molecular complexity index is 1220. The molecular formula is C24H20Br2Cl2N2O4. The number of carbonyl (C=O) groups excluding carboxylic acids is 1. The minimum absolute atomic E-state index is 0.218. The molecule has 0 spiro atoms. The lowest BCUT2D eigenvalue weighted by Crippen LogP contribution is -2.18. The van der Waals surface area contributed by atoms with E-state index in [2.05, 4.69) is 42.4 Å². The molecule has 10 heteroatoms. The fourth-order valence-corrected chi connectivity index (χ4v) is 4.76. The highest BCUT2D eigenvalue weighted by Crippen LogP contribution is 2.33. The number of nitrogens with one attached hydrogen (secondary N) is 1. The van der Waals surface area contributed by atoms with Gasteiger partial charge in [0.2, 0.25) is 0 Å². The van der Waals surface area contributed by atoms with Gasteiger partial charge in [-0.2, -0.15) is 5.10 Å². The van der Waals surface area contributed by atoms with Gasteiger partial charge in [0.05, 0.1) is 24.4 Å². The van der Waals surface area contributed by atoms with Crippen LogP contribution in [-0.4, -0.2) is 25.8 Å². The lowest BCUT2D eigenvalue weighted by atomic mass is 10.2. The molecule has 178 valence electrons. The first-order valence-corrected chi connectivity index (χ1v) is 12.4. The maximum Gasteiger partial charge on any atom is 0.271 e. The second-order valence-electron chi connectivity index (χ2n) is 6.83. The van der Waals surface area contributed by atoms with E-state index in [0.717, 1.165) is 10.0 Å². The number of hydrazone groups is 1. The number of hydrogen-bond acceptors (Lipinski definition) is 5. The van der Waals surface area contributed by atoms with Crippen LogP contribution in [0.3, 0.4) is 0 Å². The molecule has 3 rings (SSSR count). The highest BCUT2D eigenvalue weighted by Gasteiger charge is 2.13. The molecule has 34 heavy (non-hydrogen) atoms. The van der Waals surface area contributed by atoms with Gasteiger partial charge in [0.15, 0.2) is 11.5 Å². The molecule has 1 N–H and O–H groups in total. The third kappa shape index (κ3) is 6.88. The monoisotopic (exact) mass is 628 g/mol. The van der Waals surface area contributed by atoms with Crippen molar-refractivity contribution < 1.29 is 19.0 Å². The molecule has 0 heterocycles. The van der Waals surface area contributed by atoms with Gasteiger partial charge in [-0.05, 0) is 65.3 Å². The minimum Gasteiger partial charge on any atom is -0.493 e. The van der Waals surface area contributed by atoms with Crippen molar-refractivity contribution >= 4 is 67.2 Å². The Morgan fingerprint density at radius 3 is 2.56 bits per heavy atom. The predicted octanol–water partition coefficient (Wildman–Crippen LogP) is 7.27. The Morgan fingerprint density at radius 2 is 1.85 bits per heavy atom. The molecule has 0 aliphatic heterocycles. The van der Waals surface area contributed by atoms with Gasteiger partial charge in [0.25, 0.3) is 5.91 Å². The molecule has 0 saturated heterocycles. The van der Waals surface area contributed by atoms with E-state index < -0.39 is 5.91 Å². The van der Waals surface area contributed by atoms with Crippen LogP contribution in [0.25, 0.3) is 0 Å². The molecule has 0 aliphatic carbocycles. The molecule has 0 aliphatic rings. The fourth-order valence-electron chi connectivity index (χ4n) is 2.93. The number of benzene rings is 3. The first kappa shape index (κ1) is 26.3. The van der Waals surface area contributed by atoms with E-state index in [1.165, 1.54) is 6.21 Å². The van der Waals surface area contributed by atoms with Crippen molar-refractivity contribution in [2.45, 2.75) is 13.5 Å². The Kier molecular flexibility index (Phi) is 9.64. The third-order valence-corrected chi connectivity index (χ3v) is 6.15. The molecule has 0 radical (unpaired) electrons. The fraction of sp³-hybridized carbons (Fsp3) is 0.167. The van der Waals surface area contributed by atoms with E-state index in [9.17, 15) is 4.79 Å². The average molecular weight is 631 g/mol. The molecule has 0 saturated carbocycles. The van der Waals surface area contributed by atoms with Gasteiger partial charge in [-0.3, -0.25) is 4.79 Å². The van der Waals surface area contributed by atoms with E-state index in [-0.39, 0.29) is 6.61 Å². The number of nitrogens with zero attached hydrogens (tertiary/aromatic N) is 1. The van der Waals surface area contributed by atoms with E-state index in [1.54, 1.807) is 43.5 Å². The van der Waals surface area contributed by atoms with Crippen LogP contribution >= 0.6 is 55.1 Å². The summed E-state index contributed by atoms with van der Waals surface area (Å²) in [5, 5.41) is 5.16. The zero-order chi connectivity index (χ0) is 24.7. The van der Waals surface area contributed by atoms with Crippen LogP contribution in [0.2, 0.25) is 10.0 Å². The summed E-state index contributed by atoms with van der Waals surface area (Å²) in [7, 11) is 1.54. The standard InChI is InChI=1S/C24H20Br2Cl2N2O4/c1-3-33-22-9-14(5-7-21(22)32-2)24(31)30-29-12-16-8-17(25)10-19(26)23(16)34-13-15-4-6-18(27)11-20(15)28/h4-12H,3,13H2,1-2H3,(H,30,31)/b29-12+. The van der Waals surface area contributed by atoms with E-state index in [1.807, 2.05) is 19.1 Å². The average Bonchev–Trinajstić information content (AvgIpc) is 2.79. The predicted molar refractivity (Wildman–Crippen MR) is 142 cm³/mol. The van der Waals surface area contributed by atoms with Crippen LogP contribution in [-0.2, 0) is 6.61 Å². The van der Waals surface area contributed by atoms with Crippen LogP contribution in [0.4, 0.5) is 0 Å². The Hall–Kier alpha value is -2.26. The van der Waals surface area contributed by atoms with Crippen LogP contribution in [0.15, 0.2) is 62.6 Å². The molecule has 6 nitrogen and oxygen atoms in total. The first-order valence-electron chi connectivity index (χ1n) is 10.0. The molecule has 0 atom stereocenters. The Balaban J connectivity index is 1.76. The maximum atomic E-state index is 12.6. The van der Waals surface area contributed by atoms with Gasteiger partial charge in [-0.25, -0.2) is 5.43 Å².